The number of ether oxygens (including phenoxy) is 2. The predicted octanol–water partition coefficient (Wildman–Crippen LogP) is 2.33. The minimum Gasteiger partial charge on any atom is -0.381 e. The van der Waals surface area contributed by atoms with Gasteiger partial charge in [-0.25, -0.2) is 0 Å². The van der Waals surface area contributed by atoms with E-state index in [0.717, 1.165) is 39.0 Å². The molecule has 3 heteroatoms. The maximum atomic E-state index is 5.80. The number of fused-ring (bicyclic) bond motifs is 1. The molecule has 0 bridgehead atoms. The van der Waals surface area contributed by atoms with Crippen LogP contribution in [0.25, 0.3) is 0 Å². The molecule has 3 rings (SSSR count). The molecule has 0 aromatic heterocycles. The highest BCUT2D eigenvalue weighted by Crippen LogP contribution is 2.25. The van der Waals surface area contributed by atoms with Crippen LogP contribution in [0.4, 0.5) is 0 Å². The van der Waals surface area contributed by atoms with E-state index in [1.165, 1.54) is 24.0 Å². The highest BCUT2D eigenvalue weighted by atomic mass is 16.5. The number of rotatable bonds is 4. The largest absolute Gasteiger partial charge is 0.381 e. The fourth-order valence-electron chi connectivity index (χ4n) is 3.40. The van der Waals surface area contributed by atoms with Crippen LogP contribution < -0.4 is 5.32 Å². The van der Waals surface area contributed by atoms with Gasteiger partial charge in [0.25, 0.3) is 0 Å². The lowest BCUT2D eigenvalue weighted by Crippen LogP contribution is -2.50. The van der Waals surface area contributed by atoms with Crippen molar-refractivity contribution >= 4 is 0 Å². The number of benzene rings is 1. The van der Waals surface area contributed by atoms with Crippen molar-refractivity contribution in [1.82, 2.24) is 5.32 Å². The Balaban J connectivity index is 1.57. The van der Waals surface area contributed by atoms with Gasteiger partial charge in [0.15, 0.2) is 0 Å². The van der Waals surface area contributed by atoms with Crippen LogP contribution in [0.15, 0.2) is 24.3 Å². The van der Waals surface area contributed by atoms with Crippen molar-refractivity contribution in [2.24, 2.45) is 0 Å². The Kier molecular flexibility index (Phi) is 4.39. The van der Waals surface area contributed by atoms with Gasteiger partial charge in [0, 0.05) is 45.8 Å². The van der Waals surface area contributed by atoms with Crippen LogP contribution in [0.5, 0.6) is 0 Å². The second-order valence-corrected chi connectivity index (χ2v) is 6.09. The van der Waals surface area contributed by atoms with Crippen LogP contribution in [-0.4, -0.2) is 38.5 Å². The number of hydrogen-bond donors (Lipinski definition) is 1. The molecule has 3 nitrogen and oxygen atoms in total. The minimum absolute atomic E-state index is 0.0186. The first kappa shape index (κ1) is 14.1. The van der Waals surface area contributed by atoms with E-state index < -0.39 is 0 Å². The fraction of sp³-hybridized carbons (Fsp3) is 0.647. The predicted molar refractivity (Wildman–Crippen MR) is 80.1 cm³/mol. The number of methoxy groups -OCH3 is 1. The lowest BCUT2D eigenvalue weighted by Gasteiger charge is -2.38. The van der Waals surface area contributed by atoms with E-state index in [0.29, 0.717) is 6.04 Å². The lowest BCUT2D eigenvalue weighted by molar-refractivity contribution is -0.0887. The summed E-state index contributed by atoms with van der Waals surface area (Å²) in [7, 11) is 1.84. The van der Waals surface area contributed by atoms with Crippen molar-refractivity contribution < 1.29 is 9.47 Å². The Bertz CT molecular complexity index is 440. The summed E-state index contributed by atoms with van der Waals surface area (Å²) in [4.78, 5) is 0. The van der Waals surface area contributed by atoms with E-state index >= 15 is 0 Å². The summed E-state index contributed by atoms with van der Waals surface area (Å²) in [6.07, 6.45) is 5.57. The van der Waals surface area contributed by atoms with Gasteiger partial charge in [-0.2, -0.15) is 0 Å². The van der Waals surface area contributed by atoms with Gasteiger partial charge in [0.2, 0.25) is 0 Å². The van der Waals surface area contributed by atoms with Crippen molar-refractivity contribution in [3.05, 3.63) is 35.4 Å². The van der Waals surface area contributed by atoms with E-state index in [2.05, 4.69) is 29.6 Å². The molecule has 1 saturated heterocycles. The Labute approximate surface area is 121 Å². The topological polar surface area (TPSA) is 30.5 Å². The van der Waals surface area contributed by atoms with Gasteiger partial charge in [-0.3, -0.25) is 0 Å². The van der Waals surface area contributed by atoms with Crippen molar-refractivity contribution in [2.75, 3.05) is 26.9 Å². The first-order valence-electron chi connectivity index (χ1n) is 7.74. The summed E-state index contributed by atoms with van der Waals surface area (Å²) in [6.45, 7) is 2.59. The highest BCUT2D eigenvalue weighted by Gasteiger charge is 2.33. The third-order valence-corrected chi connectivity index (χ3v) is 4.90. The van der Waals surface area contributed by atoms with Gasteiger partial charge in [-0.1, -0.05) is 24.3 Å². The van der Waals surface area contributed by atoms with E-state index in [4.69, 9.17) is 9.47 Å². The van der Waals surface area contributed by atoms with Crippen molar-refractivity contribution in [3.63, 3.8) is 0 Å². The second-order valence-electron chi connectivity index (χ2n) is 6.09. The molecule has 1 aliphatic carbocycles. The van der Waals surface area contributed by atoms with Crippen molar-refractivity contribution in [3.8, 4) is 0 Å². The van der Waals surface area contributed by atoms with Crippen LogP contribution in [0.1, 0.15) is 30.4 Å². The van der Waals surface area contributed by atoms with E-state index in [-0.39, 0.29) is 5.60 Å². The molecule has 1 aliphatic heterocycles. The molecule has 20 heavy (non-hydrogen) atoms. The fourth-order valence-corrected chi connectivity index (χ4v) is 3.40. The van der Waals surface area contributed by atoms with Crippen LogP contribution in [0.2, 0.25) is 0 Å². The molecule has 1 fully saturated rings. The molecule has 1 heterocycles. The third-order valence-electron chi connectivity index (χ3n) is 4.90. The average Bonchev–Trinajstić information content (AvgIpc) is 2.54. The molecule has 110 valence electrons. The molecule has 1 N–H and O–H groups in total. The second kappa shape index (κ2) is 6.25. The van der Waals surface area contributed by atoms with Gasteiger partial charge < -0.3 is 14.8 Å². The van der Waals surface area contributed by atoms with Crippen LogP contribution in [-0.2, 0) is 22.3 Å². The monoisotopic (exact) mass is 275 g/mol. The molecule has 0 spiro atoms. The van der Waals surface area contributed by atoms with Crippen LogP contribution >= 0.6 is 0 Å². The number of aryl methyl sites for hydroxylation is 1. The molecule has 1 aromatic carbocycles. The smallest absolute Gasteiger partial charge is 0.0846 e. The Morgan fingerprint density at radius 3 is 2.75 bits per heavy atom. The molecular formula is C17H25NO2. The zero-order valence-corrected chi connectivity index (χ0v) is 12.4. The number of hydrogen-bond acceptors (Lipinski definition) is 3. The van der Waals surface area contributed by atoms with Crippen molar-refractivity contribution in [2.45, 2.75) is 43.7 Å². The molecule has 0 unspecified atom stereocenters. The summed E-state index contributed by atoms with van der Waals surface area (Å²) in [5.74, 6) is 0. The quantitative estimate of drug-likeness (QED) is 0.915. The first-order chi connectivity index (χ1) is 9.81. The molecule has 0 saturated carbocycles. The van der Waals surface area contributed by atoms with Gasteiger partial charge in [0.1, 0.15) is 0 Å². The molecule has 0 radical (unpaired) electrons. The summed E-state index contributed by atoms with van der Waals surface area (Å²) in [5.41, 5.74) is 3.02. The summed E-state index contributed by atoms with van der Waals surface area (Å²) >= 11 is 0. The maximum Gasteiger partial charge on any atom is 0.0846 e. The van der Waals surface area contributed by atoms with Gasteiger partial charge in [0.05, 0.1) is 5.60 Å². The van der Waals surface area contributed by atoms with Gasteiger partial charge in [-0.05, 0) is 30.4 Å². The lowest BCUT2D eigenvalue weighted by atomic mass is 9.87. The van der Waals surface area contributed by atoms with E-state index in [1.54, 1.807) is 0 Å². The molecule has 1 aromatic rings. The van der Waals surface area contributed by atoms with Crippen LogP contribution in [0.3, 0.4) is 0 Å². The van der Waals surface area contributed by atoms with Crippen molar-refractivity contribution in [1.29, 1.82) is 0 Å². The Hall–Kier alpha value is -0.900. The molecular weight excluding hydrogens is 250 g/mol. The normalized spacial score (nSPS) is 25.1. The van der Waals surface area contributed by atoms with Gasteiger partial charge in [-0.15, -0.1) is 0 Å². The minimum atomic E-state index is -0.0186. The summed E-state index contributed by atoms with van der Waals surface area (Å²) < 4.78 is 11.3. The average molecular weight is 275 g/mol. The Morgan fingerprint density at radius 2 is 2.00 bits per heavy atom. The molecule has 1 atom stereocenters. The zero-order chi connectivity index (χ0) is 13.8. The summed E-state index contributed by atoms with van der Waals surface area (Å²) in [5, 5.41) is 3.74. The van der Waals surface area contributed by atoms with E-state index in [9.17, 15) is 0 Å². The molecule has 2 aliphatic rings. The summed E-state index contributed by atoms with van der Waals surface area (Å²) in [6, 6.07) is 9.41. The maximum absolute atomic E-state index is 5.80. The van der Waals surface area contributed by atoms with Crippen LogP contribution in [0, 0.1) is 0 Å². The number of nitrogens with one attached hydrogen (secondary N) is 1. The standard InChI is InChI=1S/C17H25NO2/c1-19-17(8-10-20-11-9-17)13-18-16-7-6-14-4-2-3-5-15(14)12-16/h2-5,16,18H,6-13H2,1H3/t16-/m0/s1. The SMILES string of the molecule is COC1(CN[C@H]2CCc3ccccc3C2)CCOCC1. The third kappa shape index (κ3) is 3.05. The van der Waals surface area contributed by atoms with E-state index in [1.807, 2.05) is 7.11 Å². The Morgan fingerprint density at radius 1 is 1.25 bits per heavy atom. The highest BCUT2D eigenvalue weighted by molar-refractivity contribution is 5.30. The zero-order valence-electron chi connectivity index (χ0n) is 12.4. The first-order valence-corrected chi connectivity index (χ1v) is 7.74. The van der Waals surface area contributed by atoms with Gasteiger partial charge >= 0.3 is 0 Å². The molecule has 0 amide bonds.